The van der Waals surface area contributed by atoms with Crippen molar-refractivity contribution >= 4 is 6.05 Å². The molecular formula is C12H16. The molecule has 0 fully saturated rings. The van der Waals surface area contributed by atoms with Gasteiger partial charge in [0.2, 0.25) is 0 Å². The molecular weight excluding hydrogens is 144 g/mol. The van der Waals surface area contributed by atoms with E-state index in [9.17, 15) is 0 Å². The van der Waals surface area contributed by atoms with E-state index in [2.05, 4.69) is 20.8 Å². The molecule has 0 saturated carbocycles. The minimum absolute atomic E-state index is 0.0134. The van der Waals surface area contributed by atoms with Crippen molar-refractivity contribution in [3.63, 3.8) is 0 Å². The molecule has 0 heteroatoms. The predicted octanol–water partition coefficient (Wildman–Crippen LogP) is 3.63. The third kappa shape index (κ3) is 1.76. The highest BCUT2D eigenvalue weighted by Crippen LogP contribution is 2.25. The van der Waals surface area contributed by atoms with E-state index in [1.54, 1.807) is 6.07 Å². The van der Waals surface area contributed by atoms with Crippen LogP contribution in [0.15, 0.2) is 30.8 Å². The van der Waals surface area contributed by atoms with Gasteiger partial charge < -0.3 is 0 Å². The van der Waals surface area contributed by atoms with Gasteiger partial charge in [0.05, 0.1) is 4.11 Å². The maximum atomic E-state index is 7.69. The molecule has 0 heterocycles. The van der Waals surface area contributed by atoms with Crippen LogP contribution >= 0.6 is 0 Å². The molecule has 1 aromatic rings. The van der Waals surface area contributed by atoms with Crippen LogP contribution in [0.2, 0.25) is 0 Å². The summed E-state index contributed by atoms with van der Waals surface area (Å²) in [6, 6.07) is 7.49. The van der Waals surface area contributed by atoms with Gasteiger partial charge in [-0.15, -0.1) is 0 Å². The van der Waals surface area contributed by atoms with Gasteiger partial charge in [0.1, 0.15) is 0 Å². The first kappa shape index (κ1) is 5.58. The van der Waals surface area contributed by atoms with E-state index in [1.165, 1.54) is 0 Å². The number of benzene rings is 1. The van der Waals surface area contributed by atoms with Crippen LogP contribution in [-0.2, 0) is 5.41 Å². The molecule has 64 valence electrons. The van der Waals surface area contributed by atoms with Gasteiger partial charge in [0.25, 0.3) is 0 Å². The lowest BCUT2D eigenvalue weighted by atomic mass is 9.84. The molecule has 0 unspecified atom stereocenters. The Morgan fingerprint density at radius 3 is 2.67 bits per heavy atom. The van der Waals surface area contributed by atoms with E-state index >= 15 is 0 Å². The second-order valence-electron chi connectivity index (χ2n) is 3.92. The number of hydrogen-bond acceptors (Lipinski definition) is 0. The summed E-state index contributed by atoms with van der Waals surface area (Å²) >= 11 is 0. The molecule has 0 amide bonds. The molecule has 0 aliphatic rings. The number of rotatable bonds is 1. The Labute approximate surface area is 79.1 Å². The zero-order valence-corrected chi connectivity index (χ0v) is 7.81. The van der Waals surface area contributed by atoms with Crippen LogP contribution in [0, 0.1) is 0 Å². The normalized spacial score (nSPS) is 14.4. The Bertz CT molecular complexity index is 382. The summed E-state index contributed by atoms with van der Waals surface area (Å²) < 4.78 is 22.1. The van der Waals surface area contributed by atoms with Crippen molar-refractivity contribution in [3.8, 4) is 0 Å². The van der Waals surface area contributed by atoms with Crippen LogP contribution in [0.5, 0.6) is 0 Å². The Balaban J connectivity index is 3.38. The van der Waals surface area contributed by atoms with Gasteiger partial charge in [-0.2, -0.15) is 0 Å². The molecule has 0 aliphatic carbocycles. The Hall–Kier alpha value is -1.04. The highest BCUT2D eigenvalue weighted by molar-refractivity contribution is 5.53. The topological polar surface area (TPSA) is 0 Å². The average molecular weight is 163 g/mol. The maximum Gasteiger partial charge on any atom is 0.0623 e. The van der Waals surface area contributed by atoms with E-state index in [4.69, 9.17) is 4.11 Å². The molecule has 12 heavy (non-hydrogen) atoms. The van der Waals surface area contributed by atoms with Crippen molar-refractivity contribution < 1.29 is 4.11 Å². The standard InChI is InChI=1S/C12H16/c1-5-10-8-6-7-9-11(10)12(2,3)4/h5-9H,1H2,2-4H3/i1D2,5D. The Morgan fingerprint density at radius 1 is 1.42 bits per heavy atom. The van der Waals surface area contributed by atoms with E-state index in [-0.39, 0.29) is 11.5 Å². The van der Waals surface area contributed by atoms with Gasteiger partial charge in [0.15, 0.2) is 0 Å². The summed E-state index contributed by atoms with van der Waals surface area (Å²) in [4.78, 5) is 0. The first-order valence-electron chi connectivity index (χ1n) is 5.58. The minimum atomic E-state index is -0.438. The van der Waals surface area contributed by atoms with Crippen LogP contribution in [0.1, 0.15) is 36.0 Å². The highest BCUT2D eigenvalue weighted by atomic mass is 14.2. The van der Waals surface area contributed by atoms with Gasteiger partial charge in [-0.05, 0) is 16.5 Å². The zero-order valence-electron chi connectivity index (χ0n) is 10.8. The van der Waals surface area contributed by atoms with Gasteiger partial charge in [-0.25, -0.2) is 0 Å². The Kier molecular flexibility index (Phi) is 1.46. The zero-order chi connectivity index (χ0) is 11.6. The van der Waals surface area contributed by atoms with Crippen LogP contribution in [-0.4, -0.2) is 0 Å². The third-order valence-corrected chi connectivity index (χ3v) is 1.87. The molecule has 0 spiro atoms. The highest BCUT2D eigenvalue weighted by Gasteiger charge is 2.15. The summed E-state index contributed by atoms with van der Waals surface area (Å²) in [7, 11) is 0. The largest absolute Gasteiger partial charge is 0.0985 e. The van der Waals surface area contributed by atoms with Crippen molar-refractivity contribution in [1.82, 2.24) is 0 Å². The monoisotopic (exact) mass is 163 g/mol. The molecule has 1 aromatic carbocycles. The summed E-state index contributed by atoms with van der Waals surface area (Å²) in [5, 5.41) is 0. The van der Waals surface area contributed by atoms with Crippen molar-refractivity contribution in [2.45, 2.75) is 26.2 Å². The molecule has 0 nitrogen and oxygen atoms in total. The predicted molar refractivity (Wildman–Crippen MR) is 55.2 cm³/mol. The first-order valence-corrected chi connectivity index (χ1v) is 4.08. The van der Waals surface area contributed by atoms with E-state index < -0.39 is 6.53 Å². The van der Waals surface area contributed by atoms with Crippen LogP contribution < -0.4 is 0 Å². The molecule has 1 rings (SSSR count). The summed E-state index contributed by atoms with van der Waals surface area (Å²) in [6.45, 7) is 5.75. The van der Waals surface area contributed by atoms with Crippen molar-refractivity contribution in [3.05, 3.63) is 41.9 Å². The molecule has 0 atom stereocenters. The summed E-state index contributed by atoms with van der Waals surface area (Å²) in [6.07, 6.45) is 0. The molecule has 0 radical (unpaired) electrons. The fourth-order valence-electron chi connectivity index (χ4n) is 1.25. The molecule has 0 aromatic heterocycles. The van der Waals surface area contributed by atoms with Crippen LogP contribution in [0.25, 0.3) is 6.05 Å². The van der Waals surface area contributed by atoms with E-state index in [0.717, 1.165) is 5.56 Å². The van der Waals surface area contributed by atoms with Crippen molar-refractivity contribution in [1.29, 1.82) is 0 Å². The Morgan fingerprint density at radius 2 is 2.08 bits per heavy atom. The van der Waals surface area contributed by atoms with Gasteiger partial charge in [0, 0.05) is 0 Å². The van der Waals surface area contributed by atoms with Crippen molar-refractivity contribution in [2.75, 3.05) is 0 Å². The molecule has 0 N–H and O–H groups in total. The van der Waals surface area contributed by atoms with Crippen LogP contribution in [0.3, 0.4) is 0 Å². The van der Waals surface area contributed by atoms with E-state index in [0.29, 0.717) is 5.56 Å². The van der Waals surface area contributed by atoms with Gasteiger partial charge in [-0.1, -0.05) is 57.6 Å². The molecule has 0 bridgehead atoms. The summed E-state index contributed by atoms with van der Waals surface area (Å²) in [5.41, 5.74) is 1.62. The molecule has 0 saturated heterocycles. The van der Waals surface area contributed by atoms with Crippen LogP contribution in [0.4, 0.5) is 0 Å². The van der Waals surface area contributed by atoms with Crippen molar-refractivity contribution in [2.24, 2.45) is 0 Å². The average Bonchev–Trinajstić information content (AvgIpc) is 2.15. The fourth-order valence-corrected chi connectivity index (χ4v) is 1.25. The van der Waals surface area contributed by atoms with Gasteiger partial charge >= 0.3 is 0 Å². The lowest BCUT2D eigenvalue weighted by Crippen LogP contribution is -2.12. The van der Waals surface area contributed by atoms with Gasteiger partial charge in [-0.3, -0.25) is 0 Å². The molecule has 0 aliphatic heterocycles. The lowest BCUT2D eigenvalue weighted by Gasteiger charge is -2.21. The minimum Gasteiger partial charge on any atom is -0.0985 e. The SMILES string of the molecule is [2H]C([2H])=C([2H])c1ccccc1C(C)(C)C. The number of hydrogen-bond donors (Lipinski definition) is 0. The second-order valence-corrected chi connectivity index (χ2v) is 3.92. The van der Waals surface area contributed by atoms with E-state index in [1.807, 2.05) is 18.2 Å². The quantitative estimate of drug-likeness (QED) is 0.593. The maximum absolute atomic E-state index is 7.69. The lowest BCUT2D eigenvalue weighted by molar-refractivity contribution is 0.589. The fraction of sp³-hybridized carbons (Fsp3) is 0.333. The third-order valence-electron chi connectivity index (χ3n) is 1.87. The second kappa shape index (κ2) is 3.14. The first-order chi connectivity index (χ1) is 6.84. The smallest absolute Gasteiger partial charge is 0.0623 e. The summed E-state index contributed by atoms with van der Waals surface area (Å²) in [5.74, 6) is 0.